The second-order valence-corrected chi connectivity index (χ2v) is 12.7. The van der Waals surface area contributed by atoms with E-state index in [1.165, 1.54) is 6.07 Å². The topological polar surface area (TPSA) is 86.8 Å². The summed E-state index contributed by atoms with van der Waals surface area (Å²) in [7, 11) is -3.85. The number of anilines is 1. The minimum absolute atomic E-state index is 0.0318. The fourth-order valence-electron chi connectivity index (χ4n) is 4.59. The molecule has 10 heteroatoms. The summed E-state index contributed by atoms with van der Waals surface area (Å²) in [6.07, 6.45) is 1.30. The quantitative estimate of drug-likeness (QED) is 0.275. The first-order valence-corrected chi connectivity index (χ1v) is 15.8. The molecule has 0 heterocycles. The van der Waals surface area contributed by atoms with Crippen molar-refractivity contribution >= 4 is 27.5 Å². The van der Waals surface area contributed by atoms with Crippen LogP contribution in [0.3, 0.4) is 0 Å². The highest BCUT2D eigenvalue weighted by Crippen LogP contribution is 2.22. The van der Waals surface area contributed by atoms with E-state index < -0.39 is 27.7 Å². The number of hydrogen-bond acceptors (Lipinski definition) is 4. The van der Waals surface area contributed by atoms with Crippen molar-refractivity contribution in [3.63, 3.8) is 0 Å². The molecule has 3 aromatic carbocycles. The van der Waals surface area contributed by atoms with Gasteiger partial charge in [-0.3, -0.25) is 13.9 Å². The summed E-state index contributed by atoms with van der Waals surface area (Å²) in [5.41, 5.74) is 2.72. The second kappa shape index (κ2) is 14.9. The van der Waals surface area contributed by atoms with E-state index in [9.17, 15) is 26.8 Å². The summed E-state index contributed by atoms with van der Waals surface area (Å²) in [6.45, 7) is 6.43. The van der Waals surface area contributed by atoms with Crippen LogP contribution in [0.15, 0.2) is 72.8 Å². The molecule has 3 rings (SSSR count). The van der Waals surface area contributed by atoms with Gasteiger partial charge in [-0.05, 0) is 48.1 Å². The van der Waals surface area contributed by atoms with Crippen molar-refractivity contribution in [3.05, 3.63) is 101 Å². The number of carbonyl (C=O) groups excluding carboxylic acids is 2. The van der Waals surface area contributed by atoms with Gasteiger partial charge in [0.05, 0.1) is 11.9 Å². The molecule has 0 spiro atoms. The Morgan fingerprint density at radius 3 is 2.21 bits per heavy atom. The van der Waals surface area contributed by atoms with Crippen LogP contribution in [0.1, 0.15) is 43.4 Å². The van der Waals surface area contributed by atoms with Crippen molar-refractivity contribution in [2.24, 2.45) is 5.92 Å². The first-order chi connectivity index (χ1) is 19.9. The van der Waals surface area contributed by atoms with Crippen molar-refractivity contribution in [1.29, 1.82) is 0 Å². The van der Waals surface area contributed by atoms with E-state index >= 15 is 0 Å². The fourth-order valence-corrected chi connectivity index (χ4v) is 5.55. The lowest BCUT2D eigenvalue weighted by Crippen LogP contribution is -2.51. The molecule has 1 N–H and O–H groups in total. The Morgan fingerprint density at radius 2 is 1.60 bits per heavy atom. The van der Waals surface area contributed by atoms with Gasteiger partial charge in [0, 0.05) is 38.5 Å². The Labute approximate surface area is 247 Å². The normalized spacial score (nSPS) is 12.2. The van der Waals surface area contributed by atoms with Crippen LogP contribution >= 0.6 is 0 Å². The maximum absolute atomic E-state index is 13.9. The summed E-state index contributed by atoms with van der Waals surface area (Å²) < 4.78 is 53.3. The molecule has 0 saturated carbocycles. The smallest absolute Gasteiger partial charge is 0.243 e. The van der Waals surface area contributed by atoms with Crippen LogP contribution in [-0.2, 0) is 32.6 Å². The van der Waals surface area contributed by atoms with E-state index in [1.807, 2.05) is 75.4 Å². The van der Waals surface area contributed by atoms with Crippen LogP contribution in [0.5, 0.6) is 0 Å². The summed E-state index contributed by atoms with van der Waals surface area (Å²) in [5.74, 6) is -2.64. The lowest BCUT2D eigenvalue weighted by atomic mass is 10.0. The molecule has 0 radical (unpaired) electrons. The Hall–Kier alpha value is -3.79. The number of aryl methyl sites for hydroxylation is 1. The lowest BCUT2D eigenvalue weighted by molar-refractivity contribution is -0.141. The molecule has 7 nitrogen and oxygen atoms in total. The standard InChI is InChI=1S/C32H39F2N3O4S/c1-23(2)21-35-32(39)30(19-25-12-6-5-7-13-25)36(22-26-14-9-8-11-24(26)3)31(38)15-10-18-37(42(4,40)41)27-16-17-28(33)29(34)20-27/h5-9,11-14,16-17,20,23,30H,10,15,18-19,21-22H2,1-4H3,(H,35,39)/t30-/m1/s1. The van der Waals surface area contributed by atoms with Gasteiger partial charge < -0.3 is 10.2 Å². The predicted octanol–water partition coefficient (Wildman–Crippen LogP) is 5.23. The predicted molar refractivity (Wildman–Crippen MR) is 161 cm³/mol. The number of sulfonamides is 1. The van der Waals surface area contributed by atoms with Gasteiger partial charge >= 0.3 is 0 Å². The Morgan fingerprint density at radius 1 is 0.929 bits per heavy atom. The zero-order chi connectivity index (χ0) is 30.9. The van der Waals surface area contributed by atoms with E-state index in [2.05, 4.69) is 5.32 Å². The molecule has 0 aliphatic heterocycles. The number of nitrogens with zero attached hydrogens (tertiary/aromatic N) is 2. The summed E-state index contributed by atoms with van der Waals surface area (Å²) in [5, 5.41) is 2.98. The number of hydrogen-bond donors (Lipinski definition) is 1. The molecule has 0 aromatic heterocycles. The zero-order valence-electron chi connectivity index (χ0n) is 24.5. The van der Waals surface area contributed by atoms with Gasteiger partial charge in [-0.15, -0.1) is 0 Å². The van der Waals surface area contributed by atoms with Crippen LogP contribution in [0.25, 0.3) is 0 Å². The fraction of sp³-hybridized carbons (Fsp3) is 0.375. The molecule has 3 aromatic rings. The molecule has 0 aliphatic rings. The summed E-state index contributed by atoms with van der Waals surface area (Å²) in [6, 6.07) is 19.1. The van der Waals surface area contributed by atoms with Crippen LogP contribution in [0, 0.1) is 24.5 Å². The van der Waals surface area contributed by atoms with Crippen LogP contribution < -0.4 is 9.62 Å². The van der Waals surface area contributed by atoms with E-state index in [0.717, 1.165) is 39.4 Å². The van der Waals surface area contributed by atoms with E-state index in [0.29, 0.717) is 13.0 Å². The molecular formula is C32H39F2N3O4S. The van der Waals surface area contributed by atoms with Gasteiger partial charge in [0.15, 0.2) is 11.6 Å². The Kier molecular flexibility index (Phi) is 11.6. The average Bonchev–Trinajstić information content (AvgIpc) is 2.94. The molecule has 0 unspecified atom stereocenters. The van der Waals surface area contributed by atoms with Gasteiger partial charge in [0.25, 0.3) is 0 Å². The van der Waals surface area contributed by atoms with Crippen molar-refractivity contribution in [3.8, 4) is 0 Å². The highest BCUT2D eigenvalue weighted by atomic mass is 32.2. The van der Waals surface area contributed by atoms with Crippen LogP contribution in [-0.4, -0.2) is 50.5 Å². The minimum Gasteiger partial charge on any atom is -0.354 e. The van der Waals surface area contributed by atoms with Gasteiger partial charge in [0.2, 0.25) is 21.8 Å². The SMILES string of the molecule is Cc1ccccc1CN(C(=O)CCCN(c1ccc(F)c(F)c1)S(C)(=O)=O)[C@H](Cc1ccccc1)C(=O)NCC(C)C. The summed E-state index contributed by atoms with van der Waals surface area (Å²) in [4.78, 5) is 29.0. The Bertz CT molecular complexity index is 1470. The molecule has 0 bridgehead atoms. The minimum atomic E-state index is -3.85. The third-order valence-corrected chi connectivity index (χ3v) is 8.09. The van der Waals surface area contributed by atoms with Crippen LogP contribution in [0.4, 0.5) is 14.5 Å². The molecule has 226 valence electrons. The molecule has 42 heavy (non-hydrogen) atoms. The van der Waals surface area contributed by atoms with Crippen LogP contribution in [0.2, 0.25) is 0 Å². The second-order valence-electron chi connectivity index (χ2n) is 10.8. The third-order valence-electron chi connectivity index (χ3n) is 6.90. The van der Waals surface area contributed by atoms with Crippen molar-refractivity contribution in [2.45, 2.75) is 52.6 Å². The molecule has 0 aliphatic carbocycles. The lowest BCUT2D eigenvalue weighted by Gasteiger charge is -2.32. The maximum Gasteiger partial charge on any atom is 0.243 e. The van der Waals surface area contributed by atoms with Crippen molar-refractivity contribution < 1.29 is 26.8 Å². The number of nitrogens with one attached hydrogen (secondary N) is 1. The maximum atomic E-state index is 13.9. The molecule has 1 atom stereocenters. The van der Waals surface area contributed by atoms with Gasteiger partial charge in [-0.2, -0.15) is 0 Å². The van der Waals surface area contributed by atoms with Gasteiger partial charge in [-0.25, -0.2) is 17.2 Å². The number of rotatable bonds is 14. The highest BCUT2D eigenvalue weighted by Gasteiger charge is 2.31. The van der Waals surface area contributed by atoms with E-state index in [1.54, 1.807) is 4.90 Å². The van der Waals surface area contributed by atoms with Gasteiger partial charge in [0.1, 0.15) is 6.04 Å². The number of amides is 2. The zero-order valence-corrected chi connectivity index (χ0v) is 25.3. The van der Waals surface area contributed by atoms with Crippen molar-refractivity contribution in [1.82, 2.24) is 10.2 Å². The molecular weight excluding hydrogens is 560 g/mol. The van der Waals surface area contributed by atoms with Crippen molar-refractivity contribution in [2.75, 3.05) is 23.7 Å². The number of carbonyl (C=O) groups is 2. The Balaban J connectivity index is 1.89. The first kappa shape index (κ1) is 32.7. The largest absolute Gasteiger partial charge is 0.354 e. The monoisotopic (exact) mass is 599 g/mol. The van der Waals surface area contributed by atoms with Gasteiger partial charge in [-0.1, -0.05) is 68.4 Å². The molecule has 0 fully saturated rings. The first-order valence-electron chi connectivity index (χ1n) is 13.9. The summed E-state index contributed by atoms with van der Waals surface area (Å²) >= 11 is 0. The molecule has 2 amide bonds. The van der Waals surface area contributed by atoms with E-state index in [-0.39, 0.29) is 49.4 Å². The third kappa shape index (κ3) is 9.37. The highest BCUT2D eigenvalue weighted by molar-refractivity contribution is 7.92. The average molecular weight is 600 g/mol. The number of benzene rings is 3. The van der Waals surface area contributed by atoms with E-state index in [4.69, 9.17) is 0 Å². The molecule has 0 saturated heterocycles. The number of halogens is 2.